The van der Waals surface area contributed by atoms with E-state index in [1.165, 1.54) is 49.4 Å². The van der Waals surface area contributed by atoms with Crippen molar-refractivity contribution in [3.05, 3.63) is 146 Å². The van der Waals surface area contributed by atoms with Crippen LogP contribution in [-0.4, -0.2) is 9.97 Å². The maximum Gasteiger partial charge on any atom is 0.0346 e. The molecule has 0 N–H and O–H groups in total. The average Bonchev–Trinajstić information content (AvgIpc) is 3.04. The van der Waals surface area contributed by atoms with Crippen molar-refractivity contribution in [3.63, 3.8) is 0 Å². The fourth-order valence-electron chi connectivity index (χ4n) is 6.04. The molecule has 0 radical (unpaired) electrons. The van der Waals surface area contributed by atoms with Gasteiger partial charge in [-0.1, -0.05) is 106 Å². The number of hydrogen-bond acceptors (Lipinski definition) is 2. The van der Waals surface area contributed by atoms with Crippen LogP contribution in [0.2, 0.25) is 0 Å². The Balaban J connectivity index is 1.56. The van der Waals surface area contributed by atoms with E-state index in [2.05, 4.69) is 134 Å². The van der Waals surface area contributed by atoms with E-state index in [-0.39, 0.29) is 5.41 Å². The molecule has 0 fully saturated rings. The third-order valence-electron chi connectivity index (χ3n) is 8.18. The van der Waals surface area contributed by atoms with Gasteiger partial charge in [0.2, 0.25) is 0 Å². The van der Waals surface area contributed by atoms with Crippen molar-refractivity contribution in [2.45, 2.75) is 26.2 Å². The van der Waals surface area contributed by atoms with Crippen molar-refractivity contribution in [1.29, 1.82) is 0 Å². The minimum atomic E-state index is 0.0229. The molecule has 2 aromatic heterocycles. The van der Waals surface area contributed by atoms with Crippen LogP contribution < -0.4 is 0 Å². The summed E-state index contributed by atoms with van der Waals surface area (Å²) in [5.74, 6) is 0. The Bertz CT molecular complexity index is 2050. The third kappa shape index (κ3) is 4.65. The number of aromatic nitrogens is 2. The highest BCUT2D eigenvalue weighted by Gasteiger charge is 2.20. The highest BCUT2D eigenvalue weighted by Crippen LogP contribution is 2.45. The molecule has 0 atom stereocenters. The zero-order valence-electron chi connectivity index (χ0n) is 24.2. The van der Waals surface area contributed by atoms with E-state index in [4.69, 9.17) is 0 Å². The summed E-state index contributed by atoms with van der Waals surface area (Å²) >= 11 is 0. The summed E-state index contributed by atoms with van der Waals surface area (Å²) in [6.07, 6.45) is 7.52. The molecule has 5 aromatic carbocycles. The molecule has 7 aromatic rings. The zero-order chi connectivity index (χ0) is 28.7. The van der Waals surface area contributed by atoms with Crippen molar-refractivity contribution in [1.82, 2.24) is 9.97 Å². The fraction of sp³-hybridized carbons (Fsp3) is 0.100. The SMILES string of the molecule is CC(C)(C)c1ccc2c(-c3cccc(-c4cccnc4)c3)c3ccccc3c(-c3cccc(-c4cccnc4)c3)c2c1. The normalized spacial score (nSPS) is 11.7. The lowest BCUT2D eigenvalue weighted by Crippen LogP contribution is -2.10. The summed E-state index contributed by atoms with van der Waals surface area (Å²) in [4.78, 5) is 8.74. The first-order valence-corrected chi connectivity index (χ1v) is 14.5. The third-order valence-corrected chi connectivity index (χ3v) is 8.18. The maximum atomic E-state index is 4.37. The second-order valence-corrected chi connectivity index (χ2v) is 12.0. The van der Waals surface area contributed by atoms with Crippen LogP contribution in [0.3, 0.4) is 0 Å². The summed E-state index contributed by atoms with van der Waals surface area (Å²) in [5.41, 5.74) is 10.9. The van der Waals surface area contributed by atoms with Gasteiger partial charge in [0.1, 0.15) is 0 Å². The van der Waals surface area contributed by atoms with Gasteiger partial charge >= 0.3 is 0 Å². The second-order valence-electron chi connectivity index (χ2n) is 12.0. The smallest absolute Gasteiger partial charge is 0.0346 e. The van der Waals surface area contributed by atoms with Gasteiger partial charge in [0.05, 0.1) is 0 Å². The van der Waals surface area contributed by atoms with Crippen LogP contribution >= 0.6 is 0 Å². The summed E-state index contributed by atoms with van der Waals surface area (Å²) < 4.78 is 0. The molecule has 2 nitrogen and oxygen atoms in total. The number of fused-ring (bicyclic) bond motifs is 2. The monoisotopic (exact) mass is 540 g/mol. The largest absolute Gasteiger partial charge is 0.264 e. The first-order valence-electron chi connectivity index (χ1n) is 14.5. The fourth-order valence-corrected chi connectivity index (χ4v) is 6.04. The molecule has 0 aliphatic rings. The van der Waals surface area contributed by atoms with Crippen LogP contribution in [0.4, 0.5) is 0 Å². The van der Waals surface area contributed by atoms with Crippen LogP contribution in [0.5, 0.6) is 0 Å². The minimum absolute atomic E-state index is 0.0229. The highest BCUT2D eigenvalue weighted by molar-refractivity contribution is 6.21. The molecule has 42 heavy (non-hydrogen) atoms. The van der Waals surface area contributed by atoms with E-state index >= 15 is 0 Å². The van der Waals surface area contributed by atoms with Gasteiger partial charge in [-0.15, -0.1) is 0 Å². The second kappa shape index (κ2) is 10.4. The standard InChI is InChI=1S/C40H32N2/c1-40(2,3)33-18-19-36-37(24-33)39(30-13-7-11-28(23-30)32-15-9-21-42-26-32)35-17-5-4-16-34(35)38(36)29-12-6-10-27(22-29)31-14-8-20-41-25-31/h4-26H,1-3H3. The van der Waals surface area contributed by atoms with Crippen molar-refractivity contribution >= 4 is 21.5 Å². The molecule has 0 saturated heterocycles. The highest BCUT2D eigenvalue weighted by atomic mass is 14.6. The molecule has 2 heteroatoms. The van der Waals surface area contributed by atoms with E-state index in [0.29, 0.717) is 0 Å². The summed E-state index contributed by atoms with van der Waals surface area (Å²) in [7, 11) is 0. The van der Waals surface area contributed by atoms with Crippen molar-refractivity contribution < 1.29 is 0 Å². The molecule has 0 amide bonds. The van der Waals surface area contributed by atoms with Crippen molar-refractivity contribution in [2.75, 3.05) is 0 Å². The summed E-state index contributed by atoms with van der Waals surface area (Å²) in [6, 6.07) is 41.9. The molecule has 0 unspecified atom stereocenters. The molecule has 202 valence electrons. The lowest BCUT2D eigenvalue weighted by atomic mass is 9.81. The van der Waals surface area contributed by atoms with Crippen LogP contribution in [-0.2, 0) is 5.41 Å². The first kappa shape index (κ1) is 25.9. The van der Waals surface area contributed by atoms with E-state index in [0.717, 1.165) is 22.3 Å². The van der Waals surface area contributed by atoms with Gasteiger partial charge in [0, 0.05) is 35.9 Å². The van der Waals surface area contributed by atoms with E-state index < -0.39 is 0 Å². The predicted molar refractivity (Wildman–Crippen MR) is 177 cm³/mol. The molecular weight excluding hydrogens is 508 g/mol. The molecule has 0 spiro atoms. The molecule has 7 rings (SSSR count). The number of pyridine rings is 2. The molecule has 0 aliphatic heterocycles. The minimum Gasteiger partial charge on any atom is -0.264 e. The Morgan fingerprint density at radius 2 is 0.881 bits per heavy atom. The number of nitrogens with zero attached hydrogens (tertiary/aromatic N) is 2. The Morgan fingerprint density at radius 3 is 1.38 bits per heavy atom. The molecule has 0 saturated carbocycles. The number of hydrogen-bond donors (Lipinski definition) is 0. The Morgan fingerprint density at radius 1 is 0.405 bits per heavy atom. The molecule has 0 aliphatic carbocycles. The first-order chi connectivity index (χ1) is 20.5. The van der Waals surface area contributed by atoms with Gasteiger partial charge in [-0.3, -0.25) is 9.97 Å². The van der Waals surface area contributed by atoms with E-state index in [1.807, 2.05) is 36.9 Å². The average molecular weight is 541 g/mol. The summed E-state index contributed by atoms with van der Waals surface area (Å²) in [6.45, 7) is 6.86. The van der Waals surface area contributed by atoms with Gasteiger partial charge in [0.15, 0.2) is 0 Å². The lowest BCUT2D eigenvalue weighted by Gasteiger charge is -2.23. The molecular formula is C40H32N2. The van der Waals surface area contributed by atoms with Gasteiger partial charge in [-0.05, 0) is 96.2 Å². The maximum absolute atomic E-state index is 4.37. The van der Waals surface area contributed by atoms with Crippen LogP contribution in [0.25, 0.3) is 66.1 Å². The van der Waals surface area contributed by atoms with Gasteiger partial charge < -0.3 is 0 Å². The van der Waals surface area contributed by atoms with E-state index in [9.17, 15) is 0 Å². The Hall–Kier alpha value is -5.08. The quantitative estimate of drug-likeness (QED) is 0.208. The Labute approximate surface area is 247 Å². The van der Waals surface area contributed by atoms with Crippen LogP contribution in [0, 0.1) is 0 Å². The molecule has 0 bridgehead atoms. The number of benzene rings is 5. The van der Waals surface area contributed by atoms with Crippen molar-refractivity contribution in [2.24, 2.45) is 0 Å². The van der Waals surface area contributed by atoms with Crippen LogP contribution in [0.1, 0.15) is 26.3 Å². The van der Waals surface area contributed by atoms with Gasteiger partial charge in [-0.25, -0.2) is 0 Å². The van der Waals surface area contributed by atoms with Crippen LogP contribution in [0.15, 0.2) is 140 Å². The van der Waals surface area contributed by atoms with Crippen molar-refractivity contribution in [3.8, 4) is 44.5 Å². The molecule has 2 heterocycles. The van der Waals surface area contributed by atoms with E-state index in [1.54, 1.807) is 0 Å². The van der Waals surface area contributed by atoms with Gasteiger partial charge in [-0.2, -0.15) is 0 Å². The zero-order valence-corrected chi connectivity index (χ0v) is 24.2. The Kier molecular flexibility index (Phi) is 6.40. The predicted octanol–water partition coefficient (Wildman–Crippen LogP) is 10.7. The lowest BCUT2D eigenvalue weighted by molar-refractivity contribution is 0.591. The van der Waals surface area contributed by atoms with Gasteiger partial charge in [0.25, 0.3) is 0 Å². The number of rotatable bonds is 4. The summed E-state index contributed by atoms with van der Waals surface area (Å²) in [5, 5.41) is 5.03. The topological polar surface area (TPSA) is 25.8 Å².